The third kappa shape index (κ3) is 4.32. The second kappa shape index (κ2) is 9.96. The predicted molar refractivity (Wildman–Crippen MR) is 164 cm³/mol. The molecule has 183 valence electrons. The van der Waals surface area contributed by atoms with E-state index in [0.717, 1.165) is 54.3 Å². The molecule has 6 aromatic carbocycles. The molecule has 0 fully saturated rings. The monoisotopic (exact) mass is 563 g/mol. The molecule has 0 bridgehead atoms. The Hall–Kier alpha value is -4.56. The molecular weight excluding hydrogens is 539 g/mol. The van der Waals surface area contributed by atoms with Crippen LogP contribution in [-0.2, 0) is 0 Å². The summed E-state index contributed by atoms with van der Waals surface area (Å²) in [6.07, 6.45) is 0. The fourth-order valence-electron chi connectivity index (χ4n) is 5.23. The number of hydrogen-bond acceptors (Lipinski definition) is 2. The van der Waals surface area contributed by atoms with Crippen LogP contribution in [0.4, 0.5) is 0 Å². The standard InChI is InChI=1S/C36H23N2Se/c39-36-30(24-11-3-1-4-12-24)19-10-20-31(36)27-16-9-17-28(23-27)34-33(26-14-5-2-6-15-26)37-32-22-21-25-13-7-8-18-29(25)35(32)38-34/h1-23H. The molecule has 0 aliphatic heterocycles. The Morgan fingerprint density at radius 3 is 1.82 bits per heavy atom. The normalized spacial score (nSPS) is 11.2. The van der Waals surface area contributed by atoms with E-state index in [1.54, 1.807) is 0 Å². The molecule has 0 amide bonds. The van der Waals surface area contributed by atoms with Gasteiger partial charge in [-0.25, -0.2) is 0 Å². The minimum absolute atomic E-state index is 0.882. The van der Waals surface area contributed by atoms with Crippen molar-refractivity contribution in [3.05, 3.63) is 140 Å². The summed E-state index contributed by atoms with van der Waals surface area (Å²) in [5, 5.41) is 2.27. The molecule has 1 radical (unpaired) electrons. The second-order valence-corrected chi connectivity index (χ2v) is 10.4. The van der Waals surface area contributed by atoms with Crippen LogP contribution in [-0.4, -0.2) is 26.0 Å². The molecule has 3 heteroatoms. The predicted octanol–water partition coefficient (Wildman–Crippen LogP) is 8.24. The Balaban J connectivity index is 1.45. The SMILES string of the molecule is [Se]c1c(-c2ccccc2)cccc1-c1cccc(-c2nc3c(ccc4ccccc43)nc2-c2ccccc2)c1. The van der Waals surface area contributed by atoms with Gasteiger partial charge in [-0.15, -0.1) is 0 Å². The van der Waals surface area contributed by atoms with Gasteiger partial charge >= 0.3 is 237 Å². The molecule has 2 nitrogen and oxygen atoms in total. The van der Waals surface area contributed by atoms with Crippen molar-refractivity contribution in [3.8, 4) is 44.8 Å². The van der Waals surface area contributed by atoms with Crippen molar-refractivity contribution < 1.29 is 0 Å². The Morgan fingerprint density at radius 1 is 0.436 bits per heavy atom. The van der Waals surface area contributed by atoms with Crippen LogP contribution in [0.2, 0.25) is 0 Å². The maximum atomic E-state index is 5.30. The van der Waals surface area contributed by atoms with Crippen molar-refractivity contribution >= 4 is 42.3 Å². The van der Waals surface area contributed by atoms with Crippen LogP contribution in [0.25, 0.3) is 66.6 Å². The van der Waals surface area contributed by atoms with E-state index in [0.29, 0.717) is 0 Å². The molecule has 0 aliphatic carbocycles. The average molecular weight is 563 g/mol. The summed E-state index contributed by atoms with van der Waals surface area (Å²) in [5.74, 6) is 0. The van der Waals surface area contributed by atoms with Crippen LogP contribution in [0.1, 0.15) is 0 Å². The molecule has 0 aliphatic rings. The van der Waals surface area contributed by atoms with Crippen LogP contribution in [0.5, 0.6) is 0 Å². The fourth-order valence-corrected chi connectivity index (χ4v) is 6.01. The summed E-state index contributed by atoms with van der Waals surface area (Å²) >= 11 is 3.35. The molecule has 7 rings (SSSR count). The van der Waals surface area contributed by atoms with Crippen molar-refractivity contribution in [1.29, 1.82) is 0 Å². The molecule has 0 spiro atoms. The Bertz CT molecular complexity index is 1960. The van der Waals surface area contributed by atoms with E-state index in [4.69, 9.17) is 9.97 Å². The second-order valence-electron chi connectivity index (χ2n) is 9.57. The Morgan fingerprint density at radius 2 is 1.03 bits per heavy atom. The fraction of sp³-hybridized carbons (Fsp3) is 0. The summed E-state index contributed by atoms with van der Waals surface area (Å²) in [4.78, 5) is 10.5. The molecule has 1 aromatic heterocycles. The molecule has 0 saturated carbocycles. The van der Waals surface area contributed by atoms with E-state index < -0.39 is 0 Å². The Labute approximate surface area is 235 Å². The Kier molecular flexibility index (Phi) is 6.01. The molecule has 39 heavy (non-hydrogen) atoms. The molecule has 7 aromatic rings. The number of benzene rings is 6. The zero-order valence-electron chi connectivity index (χ0n) is 21.1. The van der Waals surface area contributed by atoms with Crippen molar-refractivity contribution in [3.63, 3.8) is 0 Å². The summed E-state index contributed by atoms with van der Waals surface area (Å²) in [6.45, 7) is 0. The zero-order chi connectivity index (χ0) is 26.2. The van der Waals surface area contributed by atoms with Gasteiger partial charge in [-0.2, -0.15) is 0 Å². The number of aromatic nitrogens is 2. The van der Waals surface area contributed by atoms with E-state index in [-0.39, 0.29) is 0 Å². The van der Waals surface area contributed by atoms with E-state index >= 15 is 0 Å². The molecule has 0 atom stereocenters. The van der Waals surface area contributed by atoms with Crippen LogP contribution in [0.15, 0.2) is 140 Å². The number of nitrogens with zero attached hydrogens (tertiary/aromatic N) is 2. The third-order valence-electron chi connectivity index (χ3n) is 7.15. The first-order valence-electron chi connectivity index (χ1n) is 13.0. The molecule has 0 saturated heterocycles. The van der Waals surface area contributed by atoms with Gasteiger partial charge in [0.2, 0.25) is 0 Å². The van der Waals surface area contributed by atoms with Crippen molar-refractivity contribution in [1.82, 2.24) is 9.97 Å². The van der Waals surface area contributed by atoms with Crippen molar-refractivity contribution in [2.45, 2.75) is 0 Å². The van der Waals surface area contributed by atoms with Crippen LogP contribution >= 0.6 is 0 Å². The van der Waals surface area contributed by atoms with E-state index in [2.05, 4.69) is 143 Å². The summed E-state index contributed by atoms with van der Waals surface area (Å²) in [6, 6.07) is 48.6. The number of rotatable bonds is 4. The first-order valence-corrected chi connectivity index (χ1v) is 13.8. The molecule has 1 heterocycles. The third-order valence-corrected chi connectivity index (χ3v) is 8.08. The van der Waals surface area contributed by atoms with Gasteiger partial charge < -0.3 is 0 Å². The molecular formula is C36H23N2Se. The molecule has 0 N–H and O–H groups in total. The first kappa shape index (κ1) is 23.5. The van der Waals surface area contributed by atoms with E-state index in [9.17, 15) is 0 Å². The van der Waals surface area contributed by atoms with Gasteiger partial charge in [0.1, 0.15) is 0 Å². The van der Waals surface area contributed by atoms with E-state index in [1.807, 2.05) is 12.1 Å². The maximum absolute atomic E-state index is 5.30. The van der Waals surface area contributed by atoms with Crippen molar-refractivity contribution in [2.24, 2.45) is 0 Å². The van der Waals surface area contributed by atoms with Gasteiger partial charge in [0, 0.05) is 0 Å². The summed E-state index contributed by atoms with van der Waals surface area (Å²) in [5.41, 5.74) is 10.4. The topological polar surface area (TPSA) is 25.8 Å². The molecule has 0 unspecified atom stereocenters. The summed E-state index contributed by atoms with van der Waals surface area (Å²) in [7, 11) is 0. The number of fused-ring (bicyclic) bond motifs is 3. The van der Waals surface area contributed by atoms with Crippen LogP contribution in [0, 0.1) is 0 Å². The minimum atomic E-state index is 0.882. The number of hydrogen-bond donors (Lipinski definition) is 0. The van der Waals surface area contributed by atoms with Gasteiger partial charge in [-0.05, 0) is 0 Å². The van der Waals surface area contributed by atoms with Gasteiger partial charge in [0.15, 0.2) is 0 Å². The van der Waals surface area contributed by atoms with Gasteiger partial charge in [0.05, 0.1) is 0 Å². The summed E-state index contributed by atoms with van der Waals surface area (Å²) < 4.78 is 1.14. The van der Waals surface area contributed by atoms with Gasteiger partial charge in [-0.1, -0.05) is 0 Å². The zero-order valence-corrected chi connectivity index (χ0v) is 22.8. The van der Waals surface area contributed by atoms with Gasteiger partial charge in [0.25, 0.3) is 0 Å². The van der Waals surface area contributed by atoms with E-state index in [1.165, 1.54) is 16.7 Å². The van der Waals surface area contributed by atoms with Crippen LogP contribution in [0.3, 0.4) is 0 Å². The average Bonchev–Trinajstić information content (AvgIpc) is 3.01. The van der Waals surface area contributed by atoms with Crippen molar-refractivity contribution in [2.75, 3.05) is 0 Å². The first-order chi connectivity index (χ1) is 19.3. The van der Waals surface area contributed by atoms with Crippen LogP contribution < -0.4 is 4.46 Å². The quantitative estimate of drug-likeness (QED) is 0.160. The van der Waals surface area contributed by atoms with Gasteiger partial charge in [-0.3, -0.25) is 0 Å².